The largest absolute Gasteiger partial charge is 0.495 e. The highest BCUT2D eigenvalue weighted by atomic mass is 16.5. The summed E-state index contributed by atoms with van der Waals surface area (Å²) in [6, 6.07) is 7.04. The van der Waals surface area contributed by atoms with Gasteiger partial charge in [0.1, 0.15) is 5.75 Å². The lowest BCUT2D eigenvalue weighted by atomic mass is 9.61. The Morgan fingerprint density at radius 2 is 2.05 bits per heavy atom. The van der Waals surface area contributed by atoms with E-state index < -0.39 is 0 Å². The molecule has 1 saturated carbocycles. The molecule has 3 atom stereocenters. The van der Waals surface area contributed by atoms with Crippen LogP contribution in [0, 0.1) is 11.8 Å². The van der Waals surface area contributed by atoms with E-state index in [0.29, 0.717) is 6.04 Å². The summed E-state index contributed by atoms with van der Waals surface area (Å²) >= 11 is 0. The van der Waals surface area contributed by atoms with Gasteiger partial charge in [0.2, 0.25) is 0 Å². The number of ether oxygens (including phenoxy) is 1. The zero-order chi connectivity index (χ0) is 13.6. The minimum absolute atomic E-state index is 0.236. The second-order valence-electron chi connectivity index (χ2n) is 6.88. The zero-order valence-corrected chi connectivity index (χ0v) is 12.5. The highest BCUT2D eigenvalue weighted by molar-refractivity contribution is 5.67. The average Bonchev–Trinajstić information content (AvgIpc) is 2.37. The predicted molar refractivity (Wildman–Crippen MR) is 79.9 cm³/mol. The van der Waals surface area contributed by atoms with E-state index in [1.54, 1.807) is 7.11 Å². The number of hydrogen-bond acceptors (Lipinski definition) is 2. The number of hydrogen-bond donors (Lipinski definition) is 1. The van der Waals surface area contributed by atoms with E-state index in [-0.39, 0.29) is 5.41 Å². The van der Waals surface area contributed by atoms with Crippen molar-refractivity contribution in [2.75, 3.05) is 12.4 Å². The fourth-order valence-corrected chi connectivity index (χ4v) is 4.18. The van der Waals surface area contributed by atoms with Crippen molar-refractivity contribution in [3.63, 3.8) is 0 Å². The lowest BCUT2D eigenvalue weighted by Crippen LogP contribution is -2.49. The second-order valence-corrected chi connectivity index (χ2v) is 6.88. The molecular formula is C17H25NO. The maximum absolute atomic E-state index is 5.55. The molecule has 19 heavy (non-hydrogen) atoms. The van der Waals surface area contributed by atoms with Crippen molar-refractivity contribution < 1.29 is 4.74 Å². The Bertz CT molecular complexity index is 480. The van der Waals surface area contributed by atoms with Crippen LogP contribution in [0.1, 0.15) is 45.6 Å². The molecule has 1 aromatic carbocycles. The Hall–Kier alpha value is -1.18. The maximum atomic E-state index is 5.55. The van der Waals surface area contributed by atoms with Crippen molar-refractivity contribution in [2.45, 2.75) is 51.5 Å². The van der Waals surface area contributed by atoms with Gasteiger partial charge in [0.15, 0.2) is 0 Å². The van der Waals surface area contributed by atoms with Gasteiger partial charge in [-0.05, 0) is 41.7 Å². The first-order valence-corrected chi connectivity index (χ1v) is 7.48. The molecule has 1 aromatic rings. The molecule has 2 heteroatoms. The molecule has 1 aliphatic heterocycles. The van der Waals surface area contributed by atoms with Gasteiger partial charge in [-0.2, -0.15) is 0 Å². The predicted octanol–water partition coefficient (Wildman–Crippen LogP) is 4.20. The molecule has 0 unspecified atom stereocenters. The van der Waals surface area contributed by atoms with E-state index in [9.17, 15) is 0 Å². The Labute approximate surface area is 116 Å². The van der Waals surface area contributed by atoms with Gasteiger partial charge in [0, 0.05) is 6.04 Å². The third kappa shape index (κ3) is 1.92. The van der Waals surface area contributed by atoms with E-state index in [4.69, 9.17) is 4.74 Å². The average molecular weight is 259 g/mol. The van der Waals surface area contributed by atoms with Crippen molar-refractivity contribution in [1.82, 2.24) is 0 Å². The Morgan fingerprint density at radius 1 is 1.26 bits per heavy atom. The molecular weight excluding hydrogens is 234 g/mol. The molecule has 2 aliphatic rings. The van der Waals surface area contributed by atoms with Gasteiger partial charge in [0.25, 0.3) is 0 Å². The summed E-state index contributed by atoms with van der Waals surface area (Å²) < 4.78 is 5.55. The number of anilines is 1. The fourth-order valence-electron chi connectivity index (χ4n) is 4.18. The molecule has 0 radical (unpaired) electrons. The summed E-state index contributed by atoms with van der Waals surface area (Å²) in [5.41, 5.74) is 2.88. The number of fused-ring (bicyclic) bond motifs is 2. The van der Waals surface area contributed by atoms with Crippen LogP contribution in [-0.4, -0.2) is 13.2 Å². The lowest BCUT2D eigenvalue weighted by Gasteiger charge is -2.50. The highest BCUT2D eigenvalue weighted by Gasteiger charge is 2.45. The van der Waals surface area contributed by atoms with Gasteiger partial charge in [-0.15, -0.1) is 0 Å². The summed E-state index contributed by atoms with van der Waals surface area (Å²) in [7, 11) is 1.76. The molecule has 1 aliphatic carbocycles. The maximum Gasteiger partial charge on any atom is 0.142 e. The lowest BCUT2D eigenvalue weighted by molar-refractivity contribution is 0.173. The summed E-state index contributed by atoms with van der Waals surface area (Å²) in [6.45, 7) is 7.18. The first-order chi connectivity index (χ1) is 9.04. The van der Waals surface area contributed by atoms with Gasteiger partial charge in [-0.3, -0.25) is 0 Å². The summed E-state index contributed by atoms with van der Waals surface area (Å²) in [4.78, 5) is 0. The van der Waals surface area contributed by atoms with Gasteiger partial charge in [-0.25, -0.2) is 0 Å². The summed E-state index contributed by atoms with van der Waals surface area (Å²) in [5.74, 6) is 2.56. The molecule has 1 fully saturated rings. The zero-order valence-electron chi connectivity index (χ0n) is 12.5. The molecule has 1 heterocycles. The molecule has 0 saturated heterocycles. The third-order valence-electron chi connectivity index (χ3n) is 5.31. The van der Waals surface area contributed by atoms with Crippen LogP contribution >= 0.6 is 0 Å². The van der Waals surface area contributed by atoms with Crippen LogP contribution < -0.4 is 10.1 Å². The van der Waals surface area contributed by atoms with Crippen molar-refractivity contribution in [2.24, 2.45) is 11.8 Å². The van der Waals surface area contributed by atoms with Gasteiger partial charge >= 0.3 is 0 Å². The van der Waals surface area contributed by atoms with Gasteiger partial charge < -0.3 is 10.1 Å². The number of methoxy groups -OCH3 is 1. The van der Waals surface area contributed by atoms with E-state index in [1.165, 1.54) is 30.5 Å². The molecule has 1 N–H and O–H groups in total. The third-order valence-corrected chi connectivity index (χ3v) is 5.31. The molecule has 0 spiro atoms. The van der Waals surface area contributed by atoms with Crippen molar-refractivity contribution in [3.8, 4) is 5.75 Å². The topological polar surface area (TPSA) is 21.3 Å². The van der Waals surface area contributed by atoms with Crippen molar-refractivity contribution in [3.05, 3.63) is 23.8 Å². The summed E-state index contributed by atoms with van der Waals surface area (Å²) in [6.07, 6.45) is 3.99. The van der Waals surface area contributed by atoms with E-state index in [2.05, 4.69) is 44.3 Å². The Balaban J connectivity index is 2.07. The highest BCUT2D eigenvalue weighted by Crippen LogP contribution is 2.51. The van der Waals surface area contributed by atoms with E-state index >= 15 is 0 Å². The first-order valence-electron chi connectivity index (χ1n) is 7.48. The molecule has 2 nitrogen and oxygen atoms in total. The van der Waals surface area contributed by atoms with E-state index in [0.717, 1.165) is 17.6 Å². The first kappa shape index (κ1) is 12.8. The van der Waals surface area contributed by atoms with Crippen molar-refractivity contribution >= 4 is 5.69 Å². The van der Waals surface area contributed by atoms with Crippen LogP contribution in [0.5, 0.6) is 5.75 Å². The quantitative estimate of drug-likeness (QED) is 0.816. The van der Waals surface area contributed by atoms with Crippen LogP contribution in [0.25, 0.3) is 0 Å². The number of rotatable bonds is 1. The van der Waals surface area contributed by atoms with Crippen LogP contribution in [0.2, 0.25) is 0 Å². The van der Waals surface area contributed by atoms with Crippen LogP contribution in [-0.2, 0) is 5.41 Å². The molecule has 3 rings (SSSR count). The van der Waals surface area contributed by atoms with E-state index in [1.807, 2.05) is 0 Å². The number of benzene rings is 1. The Morgan fingerprint density at radius 3 is 2.79 bits per heavy atom. The number of para-hydroxylation sites is 1. The fraction of sp³-hybridized carbons (Fsp3) is 0.647. The monoisotopic (exact) mass is 259 g/mol. The van der Waals surface area contributed by atoms with Crippen LogP contribution in [0.3, 0.4) is 0 Å². The van der Waals surface area contributed by atoms with Gasteiger partial charge in [-0.1, -0.05) is 39.3 Å². The van der Waals surface area contributed by atoms with Gasteiger partial charge in [0.05, 0.1) is 12.8 Å². The van der Waals surface area contributed by atoms with Crippen molar-refractivity contribution in [1.29, 1.82) is 0 Å². The Kier molecular flexibility index (Phi) is 2.99. The molecule has 0 bridgehead atoms. The second kappa shape index (κ2) is 4.43. The summed E-state index contributed by atoms with van der Waals surface area (Å²) in [5, 5.41) is 3.78. The molecule has 0 amide bonds. The standard InChI is InChI=1S/C17H25NO/c1-11-8-9-12-14(10-11)18-16-13(17(12,2)3)6-5-7-15(16)19-4/h5-7,11-12,14,18H,8-10H2,1-4H3/t11-,12+,14-/m1/s1. The molecule has 104 valence electrons. The smallest absolute Gasteiger partial charge is 0.142 e. The normalized spacial score (nSPS) is 31.9. The SMILES string of the molecule is COc1cccc2c1N[C@@H]1C[C@H](C)CC[C@@H]1C2(C)C. The van der Waals surface area contributed by atoms with Crippen LogP contribution in [0.4, 0.5) is 5.69 Å². The number of nitrogens with one attached hydrogen (secondary N) is 1. The minimum atomic E-state index is 0.236. The van der Waals surface area contributed by atoms with Crippen LogP contribution in [0.15, 0.2) is 18.2 Å². The minimum Gasteiger partial charge on any atom is -0.495 e. The molecule has 0 aromatic heterocycles.